The predicted octanol–water partition coefficient (Wildman–Crippen LogP) is 3.53. The summed E-state index contributed by atoms with van der Waals surface area (Å²) in [5.74, 6) is 0. The molecule has 1 heterocycles. The maximum atomic E-state index is 2.78. The third kappa shape index (κ3) is 3.59. The molecule has 2 nitrogen and oxygen atoms in total. The summed E-state index contributed by atoms with van der Waals surface area (Å²) in [5, 5.41) is 0.467. The summed E-state index contributed by atoms with van der Waals surface area (Å²) in [6.45, 7) is 19.3. The molecular weight excluding hydrogens is 224 g/mol. The Labute approximate surface area is 109 Å². The molecule has 17 heavy (non-hydrogen) atoms. The molecule has 0 aromatic carbocycles. The first-order valence-corrected chi connectivity index (χ1v) is 9.89. The summed E-state index contributed by atoms with van der Waals surface area (Å²) in [6, 6.07) is 0. The van der Waals surface area contributed by atoms with Gasteiger partial charge in [-0.15, -0.1) is 0 Å². The van der Waals surface area contributed by atoms with Gasteiger partial charge in [0.2, 0.25) is 0 Å². The first-order chi connectivity index (χ1) is 7.79. The highest BCUT2D eigenvalue weighted by Gasteiger charge is 2.41. The van der Waals surface area contributed by atoms with Crippen molar-refractivity contribution in [2.75, 3.05) is 26.2 Å². The number of hydrogen-bond donors (Lipinski definition) is 0. The molecule has 0 saturated carbocycles. The van der Waals surface area contributed by atoms with Crippen molar-refractivity contribution < 1.29 is 0 Å². The van der Waals surface area contributed by atoms with Gasteiger partial charge < -0.3 is 9.47 Å². The monoisotopic (exact) mass is 254 g/mol. The third-order valence-electron chi connectivity index (χ3n) is 4.49. The molecule has 1 saturated heterocycles. The summed E-state index contributed by atoms with van der Waals surface area (Å²) in [4.78, 5) is 2.47. The quantitative estimate of drug-likeness (QED) is 0.711. The number of rotatable bonds is 3. The molecule has 1 fully saturated rings. The van der Waals surface area contributed by atoms with Crippen molar-refractivity contribution in [3.63, 3.8) is 0 Å². The van der Waals surface area contributed by atoms with Gasteiger partial charge in [-0.05, 0) is 17.7 Å². The fraction of sp³-hybridized carbons (Fsp3) is 0.857. The second kappa shape index (κ2) is 5.57. The van der Waals surface area contributed by atoms with Gasteiger partial charge in [0.05, 0.1) is 0 Å². The van der Waals surface area contributed by atoms with E-state index >= 15 is 0 Å². The van der Waals surface area contributed by atoms with Crippen LogP contribution in [0.5, 0.6) is 0 Å². The van der Waals surface area contributed by atoms with Crippen LogP contribution in [0.25, 0.3) is 0 Å². The molecule has 0 bridgehead atoms. The van der Waals surface area contributed by atoms with E-state index in [9.17, 15) is 0 Å². The van der Waals surface area contributed by atoms with Crippen molar-refractivity contribution >= 4 is 8.24 Å². The van der Waals surface area contributed by atoms with E-state index in [0.29, 0.717) is 5.04 Å². The molecule has 0 N–H and O–H groups in total. The fourth-order valence-corrected chi connectivity index (χ4v) is 4.43. The minimum Gasteiger partial charge on any atom is -0.375 e. The molecule has 0 unspecified atom stereocenters. The van der Waals surface area contributed by atoms with E-state index in [1.54, 1.807) is 0 Å². The van der Waals surface area contributed by atoms with Crippen molar-refractivity contribution in [1.82, 2.24) is 9.47 Å². The van der Waals surface area contributed by atoms with Gasteiger partial charge in [-0.3, -0.25) is 0 Å². The Bertz CT molecular complexity index is 258. The first-order valence-electron chi connectivity index (χ1n) is 6.95. The second-order valence-electron chi connectivity index (χ2n) is 6.63. The standard InChI is InChI=1S/C14H30N2Si/c1-7-8-9-15-10-12-16(13-11-15)17(5,6)14(2,3)4/h8-9H,7,10-13H2,1-6H3. The smallest absolute Gasteiger partial charge is 0.127 e. The lowest BCUT2D eigenvalue weighted by molar-refractivity contribution is 0.233. The van der Waals surface area contributed by atoms with Crippen LogP contribution in [-0.2, 0) is 0 Å². The van der Waals surface area contributed by atoms with Crippen LogP contribution < -0.4 is 0 Å². The van der Waals surface area contributed by atoms with Gasteiger partial charge in [-0.2, -0.15) is 0 Å². The zero-order chi connectivity index (χ0) is 13.1. The Hall–Kier alpha value is -0.283. The fourth-order valence-electron chi connectivity index (χ4n) is 2.16. The van der Waals surface area contributed by atoms with Crippen molar-refractivity contribution in [1.29, 1.82) is 0 Å². The number of hydrogen-bond acceptors (Lipinski definition) is 2. The Balaban J connectivity index is 2.55. The lowest BCUT2D eigenvalue weighted by atomic mass is 10.2. The van der Waals surface area contributed by atoms with Crippen LogP contribution in [0.15, 0.2) is 12.3 Å². The second-order valence-corrected chi connectivity index (χ2v) is 11.9. The highest BCUT2D eigenvalue weighted by Crippen LogP contribution is 2.38. The molecule has 0 aromatic rings. The summed E-state index contributed by atoms with van der Waals surface area (Å²) in [5.41, 5.74) is 0. The van der Waals surface area contributed by atoms with Gasteiger partial charge in [0, 0.05) is 26.2 Å². The van der Waals surface area contributed by atoms with Crippen LogP contribution >= 0.6 is 0 Å². The molecule has 1 rings (SSSR count). The van der Waals surface area contributed by atoms with E-state index < -0.39 is 8.24 Å². The molecule has 0 aliphatic carbocycles. The average molecular weight is 254 g/mol. The maximum Gasteiger partial charge on any atom is 0.127 e. The molecule has 1 aliphatic rings. The van der Waals surface area contributed by atoms with Gasteiger partial charge in [0.15, 0.2) is 0 Å². The number of piperazine rings is 1. The van der Waals surface area contributed by atoms with E-state index in [1.165, 1.54) is 26.2 Å². The zero-order valence-corrected chi connectivity index (χ0v) is 13.6. The Morgan fingerprint density at radius 2 is 1.59 bits per heavy atom. The van der Waals surface area contributed by atoms with Crippen LogP contribution in [-0.4, -0.2) is 43.9 Å². The van der Waals surface area contributed by atoms with Crippen LogP contribution in [0.3, 0.4) is 0 Å². The largest absolute Gasteiger partial charge is 0.375 e. The van der Waals surface area contributed by atoms with Crippen LogP contribution in [0.4, 0.5) is 0 Å². The molecule has 0 spiro atoms. The van der Waals surface area contributed by atoms with Gasteiger partial charge in [0.1, 0.15) is 8.24 Å². The van der Waals surface area contributed by atoms with Crippen molar-refractivity contribution in [3.8, 4) is 0 Å². The predicted molar refractivity (Wildman–Crippen MR) is 79.8 cm³/mol. The maximum absolute atomic E-state index is 2.78. The molecule has 3 heteroatoms. The van der Waals surface area contributed by atoms with Gasteiger partial charge in [-0.25, -0.2) is 0 Å². The molecule has 1 aliphatic heterocycles. The van der Waals surface area contributed by atoms with Crippen molar-refractivity contribution in [2.45, 2.75) is 52.2 Å². The van der Waals surface area contributed by atoms with Crippen molar-refractivity contribution in [3.05, 3.63) is 12.3 Å². The average Bonchev–Trinajstić information content (AvgIpc) is 2.25. The molecule has 0 atom stereocenters. The molecule has 100 valence electrons. The van der Waals surface area contributed by atoms with Gasteiger partial charge in [-0.1, -0.05) is 46.9 Å². The highest BCUT2D eigenvalue weighted by atomic mass is 28.3. The lowest BCUT2D eigenvalue weighted by Gasteiger charge is -2.49. The Morgan fingerprint density at radius 1 is 1.06 bits per heavy atom. The van der Waals surface area contributed by atoms with Crippen molar-refractivity contribution in [2.24, 2.45) is 0 Å². The van der Waals surface area contributed by atoms with E-state index in [0.717, 1.165) is 6.42 Å². The molecule has 0 radical (unpaired) electrons. The van der Waals surface area contributed by atoms with E-state index in [2.05, 4.69) is 62.5 Å². The number of allylic oxidation sites excluding steroid dienone is 1. The van der Waals surface area contributed by atoms with E-state index in [4.69, 9.17) is 0 Å². The molecular formula is C14H30N2Si. The SMILES string of the molecule is CCC=CN1CCN([Si](C)(C)C(C)(C)C)CC1. The van der Waals surface area contributed by atoms with Gasteiger partial charge in [0.25, 0.3) is 0 Å². The Kier molecular flexibility index (Phi) is 4.84. The first kappa shape index (κ1) is 14.8. The molecule has 0 aromatic heterocycles. The topological polar surface area (TPSA) is 6.48 Å². The number of nitrogens with zero attached hydrogens (tertiary/aromatic N) is 2. The van der Waals surface area contributed by atoms with Crippen LogP contribution in [0.1, 0.15) is 34.1 Å². The third-order valence-corrected chi connectivity index (χ3v) is 10.2. The molecule has 0 amide bonds. The van der Waals surface area contributed by atoms with E-state index in [1.807, 2.05) is 0 Å². The minimum atomic E-state index is -1.28. The van der Waals surface area contributed by atoms with Gasteiger partial charge >= 0.3 is 0 Å². The highest BCUT2D eigenvalue weighted by molar-refractivity contribution is 6.77. The lowest BCUT2D eigenvalue weighted by Crippen LogP contribution is -2.60. The summed E-state index contributed by atoms with van der Waals surface area (Å²) in [7, 11) is -1.28. The summed E-state index contributed by atoms with van der Waals surface area (Å²) >= 11 is 0. The zero-order valence-electron chi connectivity index (χ0n) is 12.6. The van der Waals surface area contributed by atoms with Crippen LogP contribution in [0, 0.1) is 0 Å². The van der Waals surface area contributed by atoms with Crippen LogP contribution in [0.2, 0.25) is 18.1 Å². The normalized spacial score (nSPS) is 20.2. The minimum absolute atomic E-state index is 0.467. The Morgan fingerprint density at radius 3 is 2.00 bits per heavy atom. The van der Waals surface area contributed by atoms with E-state index in [-0.39, 0.29) is 0 Å². The summed E-state index contributed by atoms with van der Waals surface area (Å²) in [6.07, 6.45) is 5.69. The summed E-state index contributed by atoms with van der Waals surface area (Å²) < 4.78 is 2.78.